The molecule has 2 aliphatic carbocycles. The van der Waals surface area contributed by atoms with Crippen LogP contribution in [0.2, 0.25) is 0 Å². The number of thiocarbonyl (C=S) groups is 1. The van der Waals surface area contributed by atoms with Crippen molar-refractivity contribution in [2.45, 2.75) is 38.5 Å². The zero-order valence-electron chi connectivity index (χ0n) is 15.2. The highest BCUT2D eigenvalue weighted by molar-refractivity contribution is 7.80. The third kappa shape index (κ3) is 2.58. The van der Waals surface area contributed by atoms with Crippen molar-refractivity contribution in [1.29, 1.82) is 0 Å². The van der Waals surface area contributed by atoms with Crippen LogP contribution in [0, 0.1) is 11.3 Å². The van der Waals surface area contributed by atoms with Crippen LogP contribution in [0.25, 0.3) is 0 Å². The van der Waals surface area contributed by atoms with Gasteiger partial charge in [-0.15, -0.1) is 0 Å². The number of carbonyl (C=O) groups excluding carboxylic acids is 1. The number of fused-ring (bicyclic) bond motifs is 4. The van der Waals surface area contributed by atoms with Crippen LogP contribution in [0.4, 0.5) is 5.69 Å². The second-order valence-corrected chi connectivity index (χ2v) is 8.34. The first-order valence-corrected chi connectivity index (χ1v) is 10.2. The van der Waals surface area contributed by atoms with E-state index < -0.39 is 0 Å². The Morgan fingerprint density at radius 2 is 1.67 bits per heavy atom. The lowest BCUT2D eigenvalue weighted by Gasteiger charge is -2.49. The van der Waals surface area contributed by atoms with Crippen molar-refractivity contribution in [2.75, 3.05) is 4.90 Å². The molecule has 0 radical (unpaired) electrons. The predicted molar refractivity (Wildman–Crippen MR) is 112 cm³/mol. The molecule has 1 unspecified atom stereocenters. The normalized spacial score (nSPS) is 23.6. The molecule has 2 aromatic rings. The Balaban J connectivity index is 1.69. The minimum Gasteiger partial charge on any atom is -0.273 e. The molecular weight excluding hydrogens is 352 g/mol. The standard InChI is InChI=1S/C23H22N2OS/c26-21-19-20(24-22(27)25(21)17-10-3-1-4-11-17)18-12-6-5-9-16(18)15-23(19)13-7-2-8-14-23/h1,3-6,9-12,19H,2,7-8,13-15H2. The minimum atomic E-state index is -0.195. The third-order valence-electron chi connectivity index (χ3n) is 6.46. The van der Waals surface area contributed by atoms with Crippen molar-refractivity contribution < 1.29 is 4.79 Å². The number of carbonyl (C=O) groups is 1. The molecule has 1 fully saturated rings. The van der Waals surface area contributed by atoms with E-state index in [1.54, 1.807) is 4.90 Å². The number of para-hydroxylation sites is 1. The summed E-state index contributed by atoms with van der Waals surface area (Å²) in [5, 5.41) is 0.361. The summed E-state index contributed by atoms with van der Waals surface area (Å²) in [6.45, 7) is 0. The average molecular weight is 375 g/mol. The highest BCUT2D eigenvalue weighted by atomic mass is 32.1. The van der Waals surface area contributed by atoms with E-state index in [4.69, 9.17) is 17.2 Å². The van der Waals surface area contributed by atoms with Gasteiger partial charge in [-0.25, -0.2) is 4.99 Å². The van der Waals surface area contributed by atoms with Crippen LogP contribution in [0.1, 0.15) is 43.2 Å². The fourth-order valence-corrected chi connectivity index (χ4v) is 5.56. The fraction of sp³-hybridized carbons (Fsp3) is 0.348. The first-order valence-electron chi connectivity index (χ1n) is 9.79. The molecule has 1 aliphatic heterocycles. The Labute approximate surface area is 165 Å². The van der Waals surface area contributed by atoms with E-state index in [-0.39, 0.29) is 17.2 Å². The molecule has 136 valence electrons. The molecular formula is C23H22N2OS. The smallest absolute Gasteiger partial charge is 0.243 e. The van der Waals surface area contributed by atoms with Crippen molar-refractivity contribution >= 4 is 34.6 Å². The second kappa shape index (κ2) is 6.38. The molecule has 1 amide bonds. The molecule has 4 heteroatoms. The van der Waals surface area contributed by atoms with Crippen molar-refractivity contribution in [2.24, 2.45) is 16.3 Å². The van der Waals surface area contributed by atoms with E-state index in [2.05, 4.69) is 18.2 Å². The van der Waals surface area contributed by atoms with E-state index in [0.717, 1.165) is 36.2 Å². The first-order chi connectivity index (χ1) is 13.2. The molecule has 5 rings (SSSR count). The number of rotatable bonds is 1. The average Bonchev–Trinajstić information content (AvgIpc) is 2.69. The molecule has 3 nitrogen and oxygen atoms in total. The van der Waals surface area contributed by atoms with Gasteiger partial charge in [0.05, 0.1) is 17.3 Å². The van der Waals surface area contributed by atoms with Gasteiger partial charge in [-0.2, -0.15) is 0 Å². The molecule has 2 aromatic carbocycles. The zero-order valence-corrected chi connectivity index (χ0v) is 16.0. The maximum absolute atomic E-state index is 13.8. The molecule has 0 aromatic heterocycles. The van der Waals surface area contributed by atoms with E-state index >= 15 is 0 Å². The third-order valence-corrected chi connectivity index (χ3v) is 6.73. The SMILES string of the molecule is O=C1C2C(=NC(=S)N1c1ccccc1)c1ccccc1CC21CCCCC1. The van der Waals surface area contributed by atoms with Crippen molar-refractivity contribution in [3.63, 3.8) is 0 Å². The number of nitrogens with zero attached hydrogens (tertiary/aromatic N) is 2. The van der Waals surface area contributed by atoms with Gasteiger partial charge in [-0.05, 0) is 54.6 Å². The van der Waals surface area contributed by atoms with Gasteiger partial charge in [0.25, 0.3) is 0 Å². The van der Waals surface area contributed by atoms with Crippen molar-refractivity contribution in [3.05, 3.63) is 65.7 Å². The first kappa shape index (κ1) is 16.8. The number of hydrogen-bond donors (Lipinski definition) is 0. The summed E-state index contributed by atoms with van der Waals surface area (Å²) in [7, 11) is 0. The summed E-state index contributed by atoms with van der Waals surface area (Å²) in [6.07, 6.45) is 6.79. The highest BCUT2D eigenvalue weighted by Crippen LogP contribution is 2.51. The van der Waals surface area contributed by atoms with Gasteiger partial charge in [-0.3, -0.25) is 9.69 Å². The summed E-state index contributed by atoms with van der Waals surface area (Å²) >= 11 is 5.59. The minimum absolute atomic E-state index is 0.0222. The van der Waals surface area contributed by atoms with Gasteiger partial charge in [0.2, 0.25) is 11.0 Å². The number of amides is 1. The Hall–Kier alpha value is -2.33. The van der Waals surface area contributed by atoms with Crippen LogP contribution in [0.15, 0.2) is 59.6 Å². The molecule has 1 spiro atoms. The van der Waals surface area contributed by atoms with Gasteiger partial charge in [0.15, 0.2) is 0 Å². The molecule has 0 bridgehead atoms. The van der Waals surface area contributed by atoms with E-state index in [9.17, 15) is 4.79 Å². The van der Waals surface area contributed by atoms with Crippen LogP contribution in [-0.4, -0.2) is 16.7 Å². The van der Waals surface area contributed by atoms with Gasteiger partial charge in [0.1, 0.15) is 0 Å². The Morgan fingerprint density at radius 3 is 2.44 bits per heavy atom. The lowest BCUT2D eigenvalue weighted by Crippen LogP contribution is -2.56. The number of benzene rings is 2. The van der Waals surface area contributed by atoms with Gasteiger partial charge >= 0.3 is 0 Å². The largest absolute Gasteiger partial charge is 0.273 e. The summed E-state index contributed by atoms with van der Waals surface area (Å²) in [5.74, 6) is -0.0905. The number of aliphatic imine (C=N–C) groups is 1. The van der Waals surface area contributed by atoms with Crippen molar-refractivity contribution in [3.8, 4) is 0 Å². The zero-order chi connectivity index (χ0) is 18.4. The Morgan fingerprint density at radius 1 is 0.963 bits per heavy atom. The van der Waals surface area contributed by atoms with Crippen LogP contribution < -0.4 is 4.90 Å². The lowest BCUT2D eigenvalue weighted by molar-refractivity contribution is -0.123. The van der Waals surface area contributed by atoms with Crippen molar-refractivity contribution in [1.82, 2.24) is 0 Å². The summed E-state index contributed by atoms with van der Waals surface area (Å²) in [4.78, 5) is 20.3. The molecule has 1 saturated carbocycles. The second-order valence-electron chi connectivity index (χ2n) is 7.98. The molecule has 1 heterocycles. The van der Waals surface area contributed by atoms with Crippen LogP contribution in [0.5, 0.6) is 0 Å². The number of hydrogen-bond acceptors (Lipinski definition) is 2. The summed E-state index contributed by atoms with van der Waals surface area (Å²) in [6, 6.07) is 18.1. The Bertz CT molecular complexity index is 944. The summed E-state index contributed by atoms with van der Waals surface area (Å²) < 4.78 is 0. The van der Waals surface area contributed by atoms with Gasteiger partial charge < -0.3 is 0 Å². The predicted octanol–water partition coefficient (Wildman–Crippen LogP) is 4.93. The van der Waals surface area contributed by atoms with E-state index in [0.29, 0.717) is 5.11 Å². The van der Waals surface area contributed by atoms with Crippen LogP contribution >= 0.6 is 12.2 Å². The number of anilines is 1. The van der Waals surface area contributed by atoms with Gasteiger partial charge in [-0.1, -0.05) is 61.7 Å². The quantitative estimate of drug-likeness (QED) is 0.663. The maximum atomic E-state index is 13.8. The van der Waals surface area contributed by atoms with E-state index in [1.807, 2.05) is 36.4 Å². The monoisotopic (exact) mass is 374 g/mol. The Kier molecular flexibility index (Phi) is 3.97. The van der Waals surface area contributed by atoms with Gasteiger partial charge in [0, 0.05) is 5.56 Å². The summed E-state index contributed by atoms with van der Waals surface area (Å²) in [5.41, 5.74) is 4.13. The fourth-order valence-electron chi connectivity index (χ4n) is 5.27. The van der Waals surface area contributed by atoms with Crippen LogP contribution in [0.3, 0.4) is 0 Å². The van der Waals surface area contributed by atoms with E-state index in [1.165, 1.54) is 24.8 Å². The topological polar surface area (TPSA) is 32.7 Å². The molecule has 3 aliphatic rings. The molecule has 0 saturated heterocycles. The molecule has 1 atom stereocenters. The highest BCUT2D eigenvalue weighted by Gasteiger charge is 2.53. The molecule has 27 heavy (non-hydrogen) atoms. The molecule has 0 N–H and O–H groups in total. The van der Waals surface area contributed by atoms with Crippen LogP contribution in [-0.2, 0) is 11.2 Å². The lowest BCUT2D eigenvalue weighted by atomic mass is 9.57. The maximum Gasteiger partial charge on any atom is 0.243 e.